The fraction of sp³-hybridized carbons (Fsp3) is 0.167. The van der Waals surface area contributed by atoms with E-state index in [9.17, 15) is 22.0 Å². The normalized spacial score (nSPS) is 18.1. The fourth-order valence-electron chi connectivity index (χ4n) is 2.73. The van der Waals surface area contributed by atoms with Gasteiger partial charge in [-0.2, -0.15) is 0 Å². The molecule has 1 atom stereocenters. The van der Waals surface area contributed by atoms with Gasteiger partial charge in [-0.1, -0.05) is 23.7 Å². The number of sulfone groups is 1. The van der Waals surface area contributed by atoms with Crippen LogP contribution in [-0.4, -0.2) is 26.1 Å². The summed E-state index contributed by atoms with van der Waals surface area (Å²) in [6, 6.07) is 6.85. The molecule has 1 amide bonds. The van der Waals surface area contributed by atoms with Crippen molar-refractivity contribution in [3.8, 4) is 0 Å². The molecule has 2 aromatic rings. The van der Waals surface area contributed by atoms with Crippen LogP contribution in [0.2, 0.25) is 5.02 Å². The third-order valence-corrected chi connectivity index (χ3v) is 5.86. The van der Waals surface area contributed by atoms with Crippen molar-refractivity contribution in [1.82, 2.24) is 0 Å². The highest BCUT2D eigenvalue weighted by Gasteiger charge is 2.34. The lowest BCUT2D eigenvalue weighted by Gasteiger charge is -2.28. The zero-order valence-corrected chi connectivity index (χ0v) is 15.2. The van der Waals surface area contributed by atoms with Crippen molar-refractivity contribution in [3.63, 3.8) is 0 Å². The van der Waals surface area contributed by atoms with E-state index in [1.54, 1.807) is 19.1 Å². The van der Waals surface area contributed by atoms with Gasteiger partial charge in [-0.3, -0.25) is 4.79 Å². The molecule has 0 aliphatic carbocycles. The van der Waals surface area contributed by atoms with Crippen LogP contribution in [-0.2, 0) is 9.84 Å². The first-order chi connectivity index (χ1) is 12.2. The number of rotatable bonds is 3. The SMILES string of the molecule is Cc1ccc(N(C(=O)c2c(F)cccc2F)[C@H]2C=CS(=O)(=O)C2)cc1Cl. The van der Waals surface area contributed by atoms with Crippen LogP contribution in [0.15, 0.2) is 47.9 Å². The summed E-state index contributed by atoms with van der Waals surface area (Å²) in [7, 11) is -3.50. The first-order valence-electron chi connectivity index (χ1n) is 7.64. The van der Waals surface area contributed by atoms with Gasteiger partial charge in [-0.05, 0) is 42.8 Å². The molecule has 0 radical (unpaired) electrons. The molecule has 0 fully saturated rings. The molecule has 0 bridgehead atoms. The summed E-state index contributed by atoms with van der Waals surface area (Å²) in [5.41, 5.74) is 0.247. The number of anilines is 1. The van der Waals surface area contributed by atoms with Crippen LogP contribution < -0.4 is 4.90 Å². The van der Waals surface area contributed by atoms with E-state index in [0.717, 1.165) is 34.1 Å². The molecule has 0 saturated carbocycles. The molecule has 0 unspecified atom stereocenters. The Morgan fingerprint density at radius 3 is 2.38 bits per heavy atom. The van der Waals surface area contributed by atoms with Crippen molar-refractivity contribution in [2.75, 3.05) is 10.7 Å². The van der Waals surface area contributed by atoms with Crippen LogP contribution in [0.3, 0.4) is 0 Å². The van der Waals surface area contributed by atoms with E-state index in [1.807, 2.05) is 0 Å². The molecule has 3 rings (SSSR count). The van der Waals surface area contributed by atoms with Crippen molar-refractivity contribution < 1.29 is 22.0 Å². The van der Waals surface area contributed by atoms with Crippen molar-refractivity contribution in [2.45, 2.75) is 13.0 Å². The van der Waals surface area contributed by atoms with E-state index in [1.165, 1.54) is 12.1 Å². The number of carbonyl (C=O) groups is 1. The van der Waals surface area contributed by atoms with Crippen LogP contribution in [0.1, 0.15) is 15.9 Å². The molecule has 1 aliphatic rings. The van der Waals surface area contributed by atoms with Crippen molar-refractivity contribution in [3.05, 3.63) is 75.7 Å². The van der Waals surface area contributed by atoms with Gasteiger partial charge in [0.15, 0.2) is 9.84 Å². The van der Waals surface area contributed by atoms with Gasteiger partial charge in [-0.15, -0.1) is 0 Å². The molecule has 136 valence electrons. The highest BCUT2D eigenvalue weighted by molar-refractivity contribution is 7.94. The highest BCUT2D eigenvalue weighted by Crippen LogP contribution is 2.29. The summed E-state index contributed by atoms with van der Waals surface area (Å²) in [4.78, 5) is 14.0. The average Bonchev–Trinajstić information content (AvgIpc) is 2.90. The molecular formula is C18H14ClF2NO3S. The monoisotopic (exact) mass is 397 g/mol. The van der Waals surface area contributed by atoms with Gasteiger partial charge < -0.3 is 4.90 Å². The Morgan fingerprint density at radius 2 is 1.85 bits per heavy atom. The first-order valence-corrected chi connectivity index (χ1v) is 9.73. The molecule has 0 N–H and O–H groups in total. The number of halogens is 3. The van der Waals surface area contributed by atoms with Crippen LogP contribution in [0.4, 0.5) is 14.5 Å². The van der Waals surface area contributed by atoms with Crippen LogP contribution >= 0.6 is 11.6 Å². The Labute approximate surface area is 154 Å². The quantitative estimate of drug-likeness (QED) is 0.789. The molecule has 8 heteroatoms. The Morgan fingerprint density at radius 1 is 1.19 bits per heavy atom. The van der Waals surface area contributed by atoms with Gasteiger partial charge in [0.1, 0.15) is 17.2 Å². The highest BCUT2D eigenvalue weighted by atomic mass is 35.5. The first kappa shape index (κ1) is 18.5. The number of hydrogen-bond donors (Lipinski definition) is 0. The maximum absolute atomic E-state index is 14.1. The summed E-state index contributed by atoms with van der Waals surface area (Å²) in [6.07, 6.45) is 1.32. The summed E-state index contributed by atoms with van der Waals surface area (Å²) < 4.78 is 51.8. The Bertz CT molecular complexity index is 1000. The average molecular weight is 398 g/mol. The number of aryl methyl sites for hydroxylation is 1. The summed E-state index contributed by atoms with van der Waals surface area (Å²) in [6.45, 7) is 1.76. The minimum Gasteiger partial charge on any atom is -0.300 e. The second-order valence-corrected chi connectivity index (χ2v) is 8.27. The maximum atomic E-state index is 14.1. The molecular weight excluding hydrogens is 384 g/mol. The fourth-order valence-corrected chi connectivity index (χ4v) is 4.18. The molecule has 1 heterocycles. The maximum Gasteiger partial charge on any atom is 0.264 e. The second-order valence-electron chi connectivity index (χ2n) is 5.93. The van der Waals surface area contributed by atoms with Gasteiger partial charge in [-0.25, -0.2) is 17.2 Å². The molecule has 2 aromatic carbocycles. The van der Waals surface area contributed by atoms with Gasteiger partial charge in [0.05, 0.1) is 11.8 Å². The van der Waals surface area contributed by atoms with Gasteiger partial charge >= 0.3 is 0 Å². The topological polar surface area (TPSA) is 54.5 Å². The van der Waals surface area contributed by atoms with Crippen molar-refractivity contribution in [1.29, 1.82) is 0 Å². The molecule has 0 saturated heterocycles. The second kappa shape index (κ2) is 6.81. The zero-order chi connectivity index (χ0) is 19.1. The third-order valence-electron chi connectivity index (χ3n) is 4.07. The predicted octanol–water partition coefficient (Wildman–Crippen LogP) is 3.88. The van der Waals surface area contributed by atoms with E-state index >= 15 is 0 Å². The van der Waals surface area contributed by atoms with Gasteiger partial charge in [0.25, 0.3) is 5.91 Å². The van der Waals surface area contributed by atoms with E-state index in [-0.39, 0.29) is 11.4 Å². The zero-order valence-electron chi connectivity index (χ0n) is 13.6. The molecule has 4 nitrogen and oxygen atoms in total. The lowest BCUT2D eigenvalue weighted by Crippen LogP contribution is -2.42. The number of hydrogen-bond acceptors (Lipinski definition) is 3. The molecule has 0 aromatic heterocycles. The lowest BCUT2D eigenvalue weighted by molar-refractivity contribution is 0.0975. The lowest BCUT2D eigenvalue weighted by atomic mass is 10.1. The number of benzene rings is 2. The number of nitrogens with zero attached hydrogens (tertiary/aromatic N) is 1. The summed E-state index contributed by atoms with van der Waals surface area (Å²) in [5.74, 6) is -3.40. The standard InChI is InChI=1S/C18H14ClF2NO3S/c1-11-5-6-12(9-14(11)19)22(13-7-8-26(24,25)10-13)18(23)17-15(20)3-2-4-16(17)21/h2-9,13H,10H2,1H3/t13-/m0/s1. The van der Waals surface area contributed by atoms with Crippen LogP contribution in [0, 0.1) is 18.6 Å². The van der Waals surface area contributed by atoms with Crippen molar-refractivity contribution >= 4 is 33.0 Å². The van der Waals surface area contributed by atoms with E-state index in [2.05, 4.69) is 0 Å². The summed E-state index contributed by atoms with van der Waals surface area (Å²) in [5, 5.41) is 1.34. The number of amides is 1. The van der Waals surface area contributed by atoms with Crippen molar-refractivity contribution in [2.24, 2.45) is 0 Å². The Hall–Kier alpha value is -2.25. The largest absolute Gasteiger partial charge is 0.300 e. The smallest absolute Gasteiger partial charge is 0.264 e. The van der Waals surface area contributed by atoms with E-state index < -0.39 is 39.0 Å². The minimum absolute atomic E-state index is 0.250. The molecule has 0 spiro atoms. The molecule has 1 aliphatic heterocycles. The molecule has 26 heavy (non-hydrogen) atoms. The van der Waals surface area contributed by atoms with Gasteiger partial charge in [0, 0.05) is 16.1 Å². The van der Waals surface area contributed by atoms with E-state index in [0.29, 0.717) is 5.02 Å². The Kier molecular flexibility index (Phi) is 4.86. The minimum atomic E-state index is -3.50. The van der Waals surface area contributed by atoms with Crippen LogP contribution in [0.5, 0.6) is 0 Å². The Balaban J connectivity index is 2.13. The number of carbonyl (C=O) groups excluding carboxylic acids is 1. The van der Waals surface area contributed by atoms with Gasteiger partial charge in [0.2, 0.25) is 0 Å². The predicted molar refractivity (Wildman–Crippen MR) is 96.1 cm³/mol. The third kappa shape index (κ3) is 3.50. The summed E-state index contributed by atoms with van der Waals surface area (Å²) >= 11 is 6.11. The van der Waals surface area contributed by atoms with E-state index in [4.69, 9.17) is 11.6 Å². The van der Waals surface area contributed by atoms with Crippen LogP contribution in [0.25, 0.3) is 0 Å².